The molecule has 0 unspecified atom stereocenters. The first-order valence-electron chi connectivity index (χ1n) is 6.83. The summed E-state index contributed by atoms with van der Waals surface area (Å²) >= 11 is 0. The molecule has 0 atom stereocenters. The molecule has 1 aliphatic rings. The van der Waals surface area contributed by atoms with Crippen LogP contribution in [-0.2, 0) is 4.79 Å². The molecular weight excluding hydrogens is 214 g/mol. The number of hydrogen-bond acceptors (Lipinski definition) is 3. The Balaban J connectivity index is 2.22. The highest BCUT2D eigenvalue weighted by molar-refractivity contribution is 5.78. The zero-order chi connectivity index (χ0) is 12.9. The zero-order valence-corrected chi connectivity index (χ0v) is 11.5. The second-order valence-corrected chi connectivity index (χ2v) is 5.34. The molecule has 1 aliphatic heterocycles. The van der Waals surface area contributed by atoms with Crippen LogP contribution in [0.2, 0.25) is 0 Å². The maximum absolute atomic E-state index is 11.7. The molecule has 0 spiro atoms. The molecule has 1 rings (SSSR count). The van der Waals surface area contributed by atoms with Crippen LogP contribution < -0.4 is 11.1 Å². The summed E-state index contributed by atoms with van der Waals surface area (Å²) in [4.78, 5) is 13.9. The van der Waals surface area contributed by atoms with Crippen LogP contribution in [0.1, 0.15) is 46.5 Å². The van der Waals surface area contributed by atoms with Gasteiger partial charge in [-0.3, -0.25) is 9.69 Å². The van der Waals surface area contributed by atoms with Crippen molar-refractivity contribution in [3.05, 3.63) is 0 Å². The van der Waals surface area contributed by atoms with Gasteiger partial charge in [-0.2, -0.15) is 0 Å². The van der Waals surface area contributed by atoms with Crippen molar-refractivity contribution in [3.63, 3.8) is 0 Å². The molecule has 4 heteroatoms. The molecule has 0 aromatic carbocycles. The predicted molar refractivity (Wildman–Crippen MR) is 70.8 cm³/mol. The van der Waals surface area contributed by atoms with E-state index in [0.717, 1.165) is 38.8 Å². The summed E-state index contributed by atoms with van der Waals surface area (Å²) in [7, 11) is 0. The van der Waals surface area contributed by atoms with Crippen LogP contribution in [-0.4, -0.2) is 42.0 Å². The summed E-state index contributed by atoms with van der Waals surface area (Å²) in [6.07, 6.45) is 4.17. The number of carbonyl (C=O) groups excluding carboxylic acids is 1. The first-order chi connectivity index (χ1) is 8.03. The third-order valence-electron chi connectivity index (χ3n) is 3.54. The van der Waals surface area contributed by atoms with Gasteiger partial charge in [0.2, 0.25) is 5.91 Å². The monoisotopic (exact) mass is 241 g/mol. The number of nitrogens with zero attached hydrogens (tertiary/aromatic N) is 1. The van der Waals surface area contributed by atoms with Gasteiger partial charge in [-0.15, -0.1) is 0 Å². The molecule has 100 valence electrons. The minimum absolute atomic E-state index is 0.0378. The van der Waals surface area contributed by atoms with Crippen LogP contribution in [0.15, 0.2) is 0 Å². The van der Waals surface area contributed by atoms with Gasteiger partial charge in [0.15, 0.2) is 0 Å². The van der Waals surface area contributed by atoms with E-state index < -0.39 is 0 Å². The minimum atomic E-state index is -0.0378. The van der Waals surface area contributed by atoms with E-state index in [-0.39, 0.29) is 11.4 Å². The maximum Gasteiger partial charge on any atom is 0.234 e. The van der Waals surface area contributed by atoms with Crippen LogP contribution >= 0.6 is 0 Å². The number of amides is 1. The first kappa shape index (κ1) is 14.5. The standard InChI is InChI=1S/C13H27N3O/c1-4-7-13(14)9-16(10-13)8-12(17)15-11(5-2)6-3/h11H,4-10,14H2,1-3H3,(H,15,17). The van der Waals surface area contributed by atoms with E-state index in [1.165, 1.54) is 0 Å². The van der Waals surface area contributed by atoms with Gasteiger partial charge in [-0.1, -0.05) is 27.2 Å². The van der Waals surface area contributed by atoms with E-state index in [0.29, 0.717) is 12.6 Å². The smallest absolute Gasteiger partial charge is 0.234 e. The van der Waals surface area contributed by atoms with Crippen molar-refractivity contribution >= 4 is 5.91 Å². The van der Waals surface area contributed by atoms with Gasteiger partial charge >= 0.3 is 0 Å². The Hall–Kier alpha value is -0.610. The Labute approximate surface area is 105 Å². The fraction of sp³-hybridized carbons (Fsp3) is 0.923. The topological polar surface area (TPSA) is 58.4 Å². The van der Waals surface area contributed by atoms with Crippen molar-refractivity contribution in [2.45, 2.75) is 58.0 Å². The van der Waals surface area contributed by atoms with Crippen molar-refractivity contribution in [1.82, 2.24) is 10.2 Å². The summed E-state index contributed by atoms with van der Waals surface area (Å²) < 4.78 is 0. The lowest BCUT2D eigenvalue weighted by Crippen LogP contribution is -2.68. The molecule has 0 bridgehead atoms. The van der Waals surface area contributed by atoms with Crippen LogP contribution in [0, 0.1) is 0 Å². The molecule has 4 nitrogen and oxygen atoms in total. The molecule has 1 amide bonds. The Morgan fingerprint density at radius 2 is 1.94 bits per heavy atom. The molecular formula is C13H27N3O. The van der Waals surface area contributed by atoms with Crippen molar-refractivity contribution in [3.8, 4) is 0 Å². The van der Waals surface area contributed by atoms with E-state index in [2.05, 4.69) is 31.0 Å². The van der Waals surface area contributed by atoms with Gasteiger partial charge < -0.3 is 11.1 Å². The van der Waals surface area contributed by atoms with E-state index in [9.17, 15) is 4.79 Å². The Morgan fingerprint density at radius 1 is 1.35 bits per heavy atom. The number of carbonyl (C=O) groups is 1. The van der Waals surface area contributed by atoms with E-state index in [4.69, 9.17) is 5.73 Å². The quantitative estimate of drug-likeness (QED) is 0.702. The highest BCUT2D eigenvalue weighted by Crippen LogP contribution is 2.22. The lowest BCUT2D eigenvalue weighted by atomic mass is 9.86. The van der Waals surface area contributed by atoms with Crippen LogP contribution in [0.25, 0.3) is 0 Å². The molecule has 1 heterocycles. The Kier molecular flexibility index (Phi) is 5.40. The number of likely N-dealkylation sites (tertiary alicyclic amines) is 1. The second kappa shape index (κ2) is 6.36. The third-order valence-corrected chi connectivity index (χ3v) is 3.54. The summed E-state index contributed by atoms with van der Waals surface area (Å²) in [5.74, 6) is 0.136. The van der Waals surface area contributed by atoms with Gasteiger partial charge in [0.25, 0.3) is 0 Å². The average molecular weight is 241 g/mol. The average Bonchev–Trinajstić information content (AvgIpc) is 2.24. The van der Waals surface area contributed by atoms with Crippen LogP contribution in [0.3, 0.4) is 0 Å². The molecule has 1 saturated heterocycles. The predicted octanol–water partition coefficient (Wildman–Crippen LogP) is 1.10. The van der Waals surface area contributed by atoms with E-state index in [1.54, 1.807) is 0 Å². The molecule has 0 aromatic rings. The number of nitrogens with one attached hydrogen (secondary N) is 1. The normalized spacial score (nSPS) is 19.1. The second-order valence-electron chi connectivity index (χ2n) is 5.34. The van der Waals surface area contributed by atoms with Crippen LogP contribution in [0.5, 0.6) is 0 Å². The fourth-order valence-corrected chi connectivity index (χ4v) is 2.58. The molecule has 0 aromatic heterocycles. The minimum Gasteiger partial charge on any atom is -0.352 e. The largest absolute Gasteiger partial charge is 0.352 e. The molecule has 0 radical (unpaired) electrons. The lowest BCUT2D eigenvalue weighted by Gasteiger charge is -2.47. The van der Waals surface area contributed by atoms with Crippen molar-refractivity contribution in [2.24, 2.45) is 5.73 Å². The fourth-order valence-electron chi connectivity index (χ4n) is 2.58. The van der Waals surface area contributed by atoms with Gasteiger partial charge in [0.05, 0.1) is 6.54 Å². The number of nitrogens with two attached hydrogens (primary N) is 1. The van der Waals surface area contributed by atoms with Gasteiger partial charge in [-0.25, -0.2) is 0 Å². The van der Waals surface area contributed by atoms with Gasteiger partial charge in [0.1, 0.15) is 0 Å². The van der Waals surface area contributed by atoms with Gasteiger partial charge in [0, 0.05) is 24.7 Å². The maximum atomic E-state index is 11.7. The summed E-state index contributed by atoms with van der Waals surface area (Å²) in [5.41, 5.74) is 6.12. The first-order valence-corrected chi connectivity index (χ1v) is 6.83. The SMILES string of the molecule is CCCC1(N)CN(CC(=O)NC(CC)CC)C1. The molecule has 17 heavy (non-hydrogen) atoms. The molecule has 3 N–H and O–H groups in total. The van der Waals surface area contributed by atoms with Gasteiger partial charge in [-0.05, 0) is 19.3 Å². The lowest BCUT2D eigenvalue weighted by molar-refractivity contribution is -0.124. The van der Waals surface area contributed by atoms with Crippen molar-refractivity contribution in [2.75, 3.05) is 19.6 Å². The Bertz CT molecular complexity index is 245. The van der Waals surface area contributed by atoms with Crippen molar-refractivity contribution < 1.29 is 4.79 Å². The molecule has 1 fully saturated rings. The molecule has 0 saturated carbocycles. The summed E-state index contributed by atoms with van der Waals surface area (Å²) in [6.45, 7) is 8.57. The molecule has 0 aliphatic carbocycles. The van der Waals surface area contributed by atoms with E-state index >= 15 is 0 Å². The number of rotatable bonds is 7. The highest BCUT2D eigenvalue weighted by atomic mass is 16.2. The van der Waals surface area contributed by atoms with Crippen LogP contribution in [0.4, 0.5) is 0 Å². The van der Waals surface area contributed by atoms with E-state index in [1.807, 2.05) is 0 Å². The number of hydrogen-bond donors (Lipinski definition) is 2. The zero-order valence-electron chi connectivity index (χ0n) is 11.5. The summed E-state index contributed by atoms with van der Waals surface area (Å²) in [6, 6.07) is 0.321. The Morgan fingerprint density at radius 3 is 2.41 bits per heavy atom. The van der Waals surface area contributed by atoms with Crippen molar-refractivity contribution in [1.29, 1.82) is 0 Å². The summed E-state index contributed by atoms with van der Waals surface area (Å²) in [5, 5.41) is 3.05. The highest BCUT2D eigenvalue weighted by Gasteiger charge is 2.38. The third kappa shape index (κ3) is 4.28.